The van der Waals surface area contributed by atoms with Crippen molar-refractivity contribution < 1.29 is 0 Å². The van der Waals surface area contributed by atoms with E-state index < -0.39 is 0 Å². The van der Waals surface area contributed by atoms with Crippen molar-refractivity contribution in [2.45, 2.75) is 31.8 Å². The third kappa shape index (κ3) is 1.86. The van der Waals surface area contributed by atoms with Crippen LogP contribution in [-0.2, 0) is 0 Å². The van der Waals surface area contributed by atoms with Crippen LogP contribution in [0.2, 0.25) is 0 Å². The minimum atomic E-state index is 0. The summed E-state index contributed by atoms with van der Waals surface area (Å²) in [5.74, 6) is 0. The Morgan fingerprint density at radius 1 is 1.45 bits per heavy atom. The Hall–Kier alpha value is 0.210. The molecule has 2 rings (SSSR count). The molecule has 1 N–H and O–H groups in total. The van der Waals surface area contributed by atoms with E-state index in [2.05, 4.69) is 17.1 Å². The largest absolute Gasteiger partial charge is 0.311 e. The van der Waals surface area contributed by atoms with Crippen molar-refractivity contribution in [2.24, 2.45) is 0 Å². The molecule has 3 heteroatoms. The summed E-state index contributed by atoms with van der Waals surface area (Å²) < 4.78 is 0. The molecule has 0 saturated carbocycles. The highest BCUT2D eigenvalue weighted by molar-refractivity contribution is 5.85. The Labute approximate surface area is 74.7 Å². The van der Waals surface area contributed by atoms with Gasteiger partial charge in [-0.3, -0.25) is 4.90 Å². The molecule has 0 aromatic carbocycles. The molecule has 2 nitrogen and oxygen atoms in total. The van der Waals surface area contributed by atoms with Crippen LogP contribution in [-0.4, -0.2) is 36.6 Å². The fourth-order valence-electron chi connectivity index (χ4n) is 2.12. The second kappa shape index (κ2) is 3.74. The monoisotopic (exact) mass is 176 g/mol. The van der Waals surface area contributed by atoms with Gasteiger partial charge in [0.2, 0.25) is 0 Å². The van der Waals surface area contributed by atoms with Crippen LogP contribution in [0.4, 0.5) is 0 Å². The average Bonchev–Trinajstić information content (AvgIpc) is 2.33. The number of hydrogen-bond donors (Lipinski definition) is 1. The molecule has 2 heterocycles. The highest BCUT2D eigenvalue weighted by Crippen LogP contribution is 2.19. The van der Waals surface area contributed by atoms with Gasteiger partial charge in [0.25, 0.3) is 0 Å². The number of rotatable bonds is 0. The number of nitrogens with one attached hydrogen (secondary N) is 1. The van der Waals surface area contributed by atoms with Crippen LogP contribution >= 0.6 is 12.4 Å². The Morgan fingerprint density at radius 3 is 3.09 bits per heavy atom. The second-order valence-corrected chi connectivity index (χ2v) is 3.60. The lowest BCUT2D eigenvalue weighted by atomic mass is 10.1. The lowest BCUT2D eigenvalue weighted by Crippen LogP contribution is -2.52. The predicted octanol–water partition coefficient (Wildman–Crippen LogP) is 0.864. The van der Waals surface area contributed by atoms with E-state index in [4.69, 9.17) is 0 Å². The molecule has 0 spiro atoms. The standard InChI is InChI=1S/C8H16N2.ClH/c1-7-6-10-4-2-3-8(10)5-9-7;/h7-9H,2-6H2,1H3;1H. The molecule has 2 saturated heterocycles. The van der Waals surface area contributed by atoms with Crippen LogP contribution in [0.15, 0.2) is 0 Å². The van der Waals surface area contributed by atoms with Crippen molar-refractivity contribution in [2.75, 3.05) is 19.6 Å². The maximum atomic E-state index is 3.51. The maximum Gasteiger partial charge on any atom is 0.0221 e. The summed E-state index contributed by atoms with van der Waals surface area (Å²) in [4.78, 5) is 2.63. The number of piperazine rings is 1. The van der Waals surface area contributed by atoms with Gasteiger partial charge in [-0.05, 0) is 26.3 Å². The van der Waals surface area contributed by atoms with Gasteiger partial charge in [-0.25, -0.2) is 0 Å². The summed E-state index contributed by atoms with van der Waals surface area (Å²) in [6.07, 6.45) is 2.83. The Kier molecular flexibility index (Phi) is 3.16. The van der Waals surface area contributed by atoms with E-state index in [1.54, 1.807) is 0 Å². The van der Waals surface area contributed by atoms with Crippen molar-refractivity contribution in [1.29, 1.82) is 0 Å². The first-order chi connectivity index (χ1) is 4.86. The van der Waals surface area contributed by atoms with E-state index in [9.17, 15) is 0 Å². The van der Waals surface area contributed by atoms with Crippen LogP contribution < -0.4 is 5.32 Å². The molecule has 0 aromatic heterocycles. The third-order valence-electron chi connectivity index (χ3n) is 2.71. The van der Waals surface area contributed by atoms with E-state index in [0.29, 0.717) is 6.04 Å². The molecule has 0 amide bonds. The highest BCUT2D eigenvalue weighted by Gasteiger charge is 2.28. The number of nitrogens with zero attached hydrogens (tertiary/aromatic N) is 1. The van der Waals surface area contributed by atoms with Crippen LogP contribution in [0.5, 0.6) is 0 Å². The Balaban J connectivity index is 0.000000605. The quantitative estimate of drug-likeness (QED) is 0.589. The van der Waals surface area contributed by atoms with Crippen molar-refractivity contribution in [3.05, 3.63) is 0 Å². The average molecular weight is 177 g/mol. The van der Waals surface area contributed by atoms with Gasteiger partial charge in [-0.1, -0.05) is 0 Å². The number of halogens is 1. The van der Waals surface area contributed by atoms with E-state index in [1.807, 2.05) is 0 Å². The summed E-state index contributed by atoms with van der Waals surface area (Å²) in [7, 11) is 0. The van der Waals surface area contributed by atoms with Gasteiger partial charge in [0.15, 0.2) is 0 Å². The van der Waals surface area contributed by atoms with E-state index in [-0.39, 0.29) is 12.4 Å². The molecule has 0 bridgehead atoms. The van der Waals surface area contributed by atoms with Gasteiger partial charge in [0.1, 0.15) is 0 Å². The molecule has 2 aliphatic rings. The summed E-state index contributed by atoms with van der Waals surface area (Å²) in [6.45, 7) is 6.11. The van der Waals surface area contributed by atoms with Crippen LogP contribution in [0, 0.1) is 0 Å². The molecule has 0 aromatic rings. The first-order valence-electron chi connectivity index (χ1n) is 4.33. The SMILES string of the molecule is CC1CN2CCCC2CN1.Cl. The first-order valence-corrected chi connectivity index (χ1v) is 4.33. The van der Waals surface area contributed by atoms with Crippen LogP contribution in [0.25, 0.3) is 0 Å². The van der Waals surface area contributed by atoms with E-state index in [0.717, 1.165) is 6.04 Å². The molecule has 2 fully saturated rings. The summed E-state index contributed by atoms with van der Waals surface area (Å²) in [5.41, 5.74) is 0. The molecule has 0 aliphatic carbocycles. The third-order valence-corrected chi connectivity index (χ3v) is 2.71. The highest BCUT2D eigenvalue weighted by atomic mass is 35.5. The number of hydrogen-bond acceptors (Lipinski definition) is 2. The van der Waals surface area contributed by atoms with Gasteiger partial charge in [-0.15, -0.1) is 12.4 Å². The minimum absolute atomic E-state index is 0. The fraction of sp³-hybridized carbons (Fsp3) is 1.00. The summed E-state index contributed by atoms with van der Waals surface area (Å²) >= 11 is 0. The van der Waals surface area contributed by atoms with Gasteiger partial charge >= 0.3 is 0 Å². The number of fused-ring (bicyclic) bond motifs is 1. The topological polar surface area (TPSA) is 15.3 Å². The molecular formula is C8H17ClN2. The predicted molar refractivity (Wildman–Crippen MR) is 49.3 cm³/mol. The molecule has 2 atom stereocenters. The van der Waals surface area contributed by atoms with Gasteiger partial charge in [0, 0.05) is 25.2 Å². The van der Waals surface area contributed by atoms with Gasteiger partial charge in [0.05, 0.1) is 0 Å². The van der Waals surface area contributed by atoms with E-state index >= 15 is 0 Å². The van der Waals surface area contributed by atoms with Crippen molar-refractivity contribution in [3.8, 4) is 0 Å². The minimum Gasteiger partial charge on any atom is -0.311 e. The zero-order valence-electron chi connectivity index (χ0n) is 7.05. The van der Waals surface area contributed by atoms with Gasteiger partial charge < -0.3 is 5.32 Å². The zero-order chi connectivity index (χ0) is 6.97. The molecule has 66 valence electrons. The molecule has 2 aliphatic heterocycles. The summed E-state index contributed by atoms with van der Waals surface area (Å²) in [5, 5.41) is 3.51. The van der Waals surface area contributed by atoms with Gasteiger partial charge in [-0.2, -0.15) is 0 Å². The summed E-state index contributed by atoms with van der Waals surface area (Å²) in [6, 6.07) is 1.59. The Bertz CT molecular complexity index is 129. The molecule has 2 unspecified atom stereocenters. The zero-order valence-corrected chi connectivity index (χ0v) is 7.86. The molecular weight excluding hydrogens is 160 g/mol. The smallest absolute Gasteiger partial charge is 0.0221 e. The molecule has 0 radical (unpaired) electrons. The lowest BCUT2D eigenvalue weighted by molar-refractivity contribution is 0.180. The lowest BCUT2D eigenvalue weighted by Gasteiger charge is -2.34. The van der Waals surface area contributed by atoms with Crippen molar-refractivity contribution in [3.63, 3.8) is 0 Å². The van der Waals surface area contributed by atoms with Crippen molar-refractivity contribution in [1.82, 2.24) is 10.2 Å². The second-order valence-electron chi connectivity index (χ2n) is 3.60. The maximum absolute atomic E-state index is 3.51. The van der Waals surface area contributed by atoms with Crippen LogP contribution in [0.1, 0.15) is 19.8 Å². The first kappa shape index (κ1) is 9.30. The van der Waals surface area contributed by atoms with Crippen LogP contribution in [0.3, 0.4) is 0 Å². The fourth-order valence-corrected chi connectivity index (χ4v) is 2.12. The molecule has 11 heavy (non-hydrogen) atoms. The van der Waals surface area contributed by atoms with E-state index in [1.165, 1.54) is 32.5 Å². The Morgan fingerprint density at radius 2 is 2.27 bits per heavy atom. The normalized spacial score (nSPS) is 37.9. The van der Waals surface area contributed by atoms with Crippen molar-refractivity contribution >= 4 is 12.4 Å².